The van der Waals surface area contributed by atoms with Crippen LogP contribution in [0.3, 0.4) is 0 Å². The monoisotopic (exact) mass is 315 g/mol. The SMILES string of the molecule is CC(=O)CCc1ccc(OCC(=O)Nc2ccccc2F)cc1. The average molecular weight is 315 g/mol. The minimum absolute atomic E-state index is 0.126. The second-order valence-corrected chi connectivity index (χ2v) is 5.16. The predicted molar refractivity (Wildman–Crippen MR) is 86.0 cm³/mol. The van der Waals surface area contributed by atoms with Crippen molar-refractivity contribution in [2.45, 2.75) is 19.8 Å². The molecule has 0 saturated heterocycles. The number of hydrogen-bond donors (Lipinski definition) is 1. The number of Topliss-reactive ketones (excluding diaryl/α,β-unsaturated/α-hetero) is 1. The molecule has 0 saturated carbocycles. The summed E-state index contributed by atoms with van der Waals surface area (Å²) in [5, 5.41) is 2.45. The molecule has 4 nitrogen and oxygen atoms in total. The molecule has 2 rings (SSSR count). The largest absolute Gasteiger partial charge is 0.484 e. The maximum absolute atomic E-state index is 13.4. The van der Waals surface area contributed by atoms with Gasteiger partial charge in [0.25, 0.3) is 5.91 Å². The van der Waals surface area contributed by atoms with E-state index in [1.54, 1.807) is 31.2 Å². The van der Waals surface area contributed by atoms with E-state index in [0.717, 1.165) is 5.56 Å². The number of halogens is 1. The van der Waals surface area contributed by atoms with Gasteiger partial charge < -0.3 is 14.8 Å². The Labute approximate surface area is 134 Å². The lowest BCUT2D eigenvalue weighted by atomic mass is 10.1. The molecule has 0 bridgehead atoms. The lowest BCUT2D eigenvalue weighted by molar-refractivity contribution is -0.118. The van der Waals surface area contributed by atoms with Crippen molar-refractivity contribution < 1.29 is 18.7 Å². The Bertz CT molecular complexity index is 683. The molecule has 0 spiro atoms. The van der Waals surface area contributed by atoms with Crippen LogP contribution in [0.25, 0.3) is 0 Å². The number of ketones is 1. The molecule has 0 fully saturated rings. The Morgan fingerprint density at radius 2 is 1.78 bits per heavy atom. The van der Waals surface area contributed by atoms with E-state index in [2.05, 4.69) is 5.32 Å². The van der Waals surface area contributed by atoms with E-state index in [-0.39, 0.29) is 18.1 Å². The molecular formula is C18H18FNO3. The number of nitrogens with one attached hydrogen (secondary N) is 1. The molecule has 0 aromatic heterocycles. The highest BCUT2D eigenvalue weighted by atomic mass is 19.1. The number of rotatable bonds is 7. The van der Waals surface area contributed by atoms with Crippen molar-refractivity contribution in [3.05, 3.63) is 59.9 Å². The van der Waals surface area contributed by atoms with Gasteiger partial charge in [0.1, 0.15) is 17.3 Å². The van der Waals surface area contributed by atoms with E-state index >= 15 is 0 Å². The van der Waals surface area contributed by atoms with Crippen molar-refractivity contribution in [1.29, 1.82) is 0 Å². The second-order valence-electron chi connectivity index (χ2n) is 5.16. The summed E-state index contributed by atoms with van der Waals surface area (Å²) in [5.74, 6) is -0.234. The summed E-state index contributed by atoms with van der Waals surface area (Å²) in [4.78, 5) is 22.7. The molecule has 0 aliphatic heterocycles. The van der Waals surface area contributed by atoms with Crippen molar-refractivity contribution in [3.63, 3.8) is 0 Å². The van der Waals surface area contributed by atoms with Crippen molar-refractivity contribution >= 4 is 17.4 Å². The number of ether oxygens (including phenoxy) is 1. The van der Waals surface area contributed by atoms with Crippen LogP contribution in [0.1, 0.15) is 18.9 Å². The van der Waals surface area contributed by atoms with Gasteiger partial charge in [-0.2, -0.15) is 0 Å². The predicted octanol–water partition coefficient (Wildman–Crippen LogP) is 3.36. The van der Waals surface area contributed by atoms with Gasteiger partial charge in [0.05, 0.1) is 5.69 Å². The number of aryl methyl sites for hydroxylation is 1. The van der Waals surface area contributed by atoms with Crippen LogP contribution < -0.4 is 10.1 Å². The van der Waals surface area contributed by atoms with Crippen molar-refractivity contribution in [2.75, 3.05) is 11.9 Å². The first-order valence-electron chi connectivity index (χ1n) is 7.30. The van der Waals surface area contributed by atoms with Crippen LogP contribution in [-0.4, -0.2) is 18.3 Å². The maximum atomic E-state index is 13.4. The van der Waals surface area contributed by atoms with Gasteiger partial charge in [-0.05, 0) is 43.2 Å². The molecule has 0 heterocycles. The first-order valence-corrected chi connectivity index (χ1v) is 7.30. The first-order chi connectivity index (χ1) is 11.0. The van der Waals surface area contributed by atoms with E-state index in [1.165, 1.54) is 12.1 Å². The lowest BCUT2D eigenvalue weighted by Gasteiger charge is -2.08. The number of anilines is 1. The second kappa shape index (κ2) is 8.08. The third-order valence-corrected chi connectivity index (χ3v) is 3.21. The highest BCUT2D eigenvalue weighted by Crippen LogP contribution is 2.15. The number of hydrogen-bond acceptors (Lipinski definition) is 3. The molecule has 2 aromatic rings. The minimum Gasteiger partial charge on any atom is -0.484 e. The first kappa shape index (κ1) is 16.7. The topological polar surface area (TPSA) is 55.4 Å². The molecule has 0 aliphatic carbocycles. The third kappa shape index (κ3) is 5.54. The average Bonchev–Trinajstić information content (AvgIpc) is 2.54. The molecule has 1 amide bonds. The number of amides is 1. The van der Waals surface area contributed by atoms with Crippen LogP contribution in [0.4, 0.5) is 10.1 Å². The van der Waals surface area contributed by atoms with Crippen LogP contribution in [0.5, 0.6) is 5.75 Å². The Hall–Kier alpha value is -2.69. The van der Waals surface area contributed by atoms with Crippen LogP contribution in [0, 0.1) is 5.82 Å². The minimum atomic E-state index is -0.490. The molecule has 5 heteroatoms. The standard InChI is InChI=1S/C18H18FNO3/c1-13(21)6-7-14-8-10-15(11-9-14)23-12-18(22)20-17-5-3-2-4-16(17)19/h2-5,8-11H,6-7,12H2,1H3,(H,20,22). The summed E-state index contributed by atoms with van der Waals surface area (Å²) in [7, 11) is 0. The molecule has 0 unspecified atom stereocenters. The van der Waals surface area contributed by atoms with Gasteiger partial charge in [-0.25, -0.2) is 4.39 Å². The summed E-state index contributed by atoms with van der Waals surface area (Å²) in [6.07, 6.45) is 1.19. The van der Waals surface area contributed by atoms with Crippen LogP contribution in [0.2, 0.25) is 0 Å². The van der Waals surface area contributed by atoms with Crippen molar-refractivity contribution in [2.24, 2.45) is 0 Å². The quantitative estimate of drug-likeness (QED) is 0.852. The van der Waals surface area contributed by atoms with E-state index in [1.807, 2.05) is 12.1 Å². The van der Waals surface area contributed by atoms with Gasteiger partial charge in [-0.1, -0.05) is 24.3 Å². The zero-order chi connectivity index (χ0) is 16.7. The van der Waals surface area contributed by atoms with Gasteiger partial charge in [0.2, 0.25) is 0 Å². The van der Waals surface area contributed by atoms with Gasteiger partial charge >= 0.3 is 0 Å². The fourth-order valence-corrected chi connectivity index (χ4v) is 1.97. The van der Waals surface area contributed by atoms with Crippen LogP contribution >= 0.6 is 0 Å². The van der Waals surface area contributed by atoms with Gasteiger partial charge in [0, 0.05) is 6.42 Å². The van der Waals surface area contributed by atoms with Crippen molar-refractivity contribution in [1.82, 2.24) is 0 Å². The molecule has 0 atom stereocenters. The highest BCUT2D eigenvalue weighted by Gasteiger charge is 2.07. The van der Waals surface area contributed by atoms with Gasteiger partial charge in [-0.3, -0.25) is 4.79 Å². The zero-order valence-corrected chi connectivity index (χ0v) is 12.8. The molecule has 2 aromatic carbocycles. The van der Waals surface area contributed by atoms with Crippen LogP contribution in [-0.2, 0) is 16.0 Å². The van der Waals surface area contributed by atoms with Gasteiger partial charge in [0.15, 0.2) is 6.61 Å². The smallest absolute Gasteiger partial charge is 0.262 e. The van der Waals surface area contributed by atoms with E-state index in [0.29, 0.717) is 18.6 Å². The Morgan fingerprint density at radius 3 is 2.43 bits per heavy atom. The number of benzene rings is 2. The fraction of sp³-hybridized carbons (Fsp3) is 0.222. The lowest BCUT2D eigenvalue weighted by Crippen LogP contribution is -2.20. The highest BCUT2D eigenvalue weighted by molar-refractivity contribution is 5.91. The zero-order valence-electron chi connectivity index (χ0n) is 12.8. The fourth-order valence-electron chi connectivity index (χ4n) is 1.97. The third-order valence-electron chi connectivity index (χ3n) is 3.21. The van der Waals surface area contributed by atoms with E-state index in [4.69, 9.17) is 4.74 Å². The summed E-state index contributed by atoms with van der Waals surface area (Å²) in [5.41, 5.74) is 1.16. The van der Waals surface area contributed by atoms with E-state index in [9.17, 15) is 14.0 Å². The van der Waals surface area contributed by atoms with Crippen molar-refractivity contribution in [3.8, 4) is 5.75 Å². The Morgan fingerprint density at radius 1 is 1.09 bits per heavy atom. The molecule has 120 valence electrons. The molecule has 0 radical (unpaired) electrons. The molecule has 1 N–H and O–H groups in total. The summed E-state index contributed by atoms with van der Waals surface area (Å²) in [6.45, 7) is 1.35. The molecular weight excluding hydrogens is 297 g/mol. The number of carbonyl (C=O) groups excluding carboxylic acids is 2. The van der Waals surface area contributed by atoms with Crippen LogP contribution in [0.15, 0.2) is 48.5 Å². The summed E-state index contributed by atoms with van der Waals surface area (Å²) < 4.78 is 18.8. The van der Waals surface area contributed by atoms with E-state index < -0.39 is 11.7 Å². The number of para-hydroxylation sites is 1. The maximum Gasteiger partial charge on any atom is 0.262 e. The molecule has 0 aliphatic rings. The summed E-state index contributed by atoms with van der Waals surface area (Å²) >= 11 is 0. The number of carbonyl (C=O) groups is 2. The molecule has 23 heavy (non-hydrogen) atoms. The Kier molecular flexibility index (Phi) is 5.86. The van der Waals surface area contributed by atoms with Gasteiger partial charge in [-0.15, -0.1) is 0 Å². The Balaban J connectivity index is 1.82. The summed E-state index contributed by atoms with van der Waals surface area (Å²) in [6, 6.07) is 13.1. The normalized spacial score (nSPS) is 10.2.